The number of benzene rings is 2. The summed E-state index contributed by atoms with van der Waals surface area (Å²) < 4.78 is 0. The number of nitrogens with one attached hydrogen (secondary N) is 1. The lowest BCUT2D eigenvalue weighted by atomic mass is 9.95. The van der Waals surface area contributed by atoms with Crippen LogP contribution in [0.3, 0.4) is 0 Å². The standard InChI is InChI=1S/C20H28N2/c1-15(2)20(21-3)13-16-9-11-17(12-10-16)18-7-6-8-19(14-18)22(4)5/h6-12,14-15,20-21H,13H2,1-5H3. The molecule has 0 amide bonds. The highest BCUT2D eigenvalue weighted by molar-refractivity contribution is 5.68. The fraction of sp³-hybridized carbons (Fsp3) is 0.400. The first-order chi connectivity index (χ1) is 10.5. The molecular formula is C20H28N2. The summed E-state index contributed by atoms with van der Waals surface area (Å²) in [6.07, 6.45) is 1.08. The Hall–Kier alpha value is -1.80. The molecule has 118 valence electrons. The van der Waals surface area contributed by atoms with Gasteiger partial charge in [0.15, 0.2) is 0 Å². The summed E-state index contributed by atoms with van der Waals surface area (Å²) in [5.74, 6) is 0.640. The second-order valence-electron chi connectivity index (χ2n) is 6.48. The number of likely N-dealkylation sites (N-methyl/N-ethyl adjacent to an activating group) is 1. The average molecular weight is 296 g/mol. The molecule has 0 bridgehead atoms. The van der Waals surface area contributed by atoms with Crippen LogP contribution in [0.2, 0.25) is 0 Å². The van der Waals surface area contributed by atoms with Crippen LogP contribution in [0.25, 0.3) is 11.1 Å². The Labute approximate surface area is 135 Å². The molecule has 0 aliphatic carbocycles. The molecule has 2 heteroatoms. The van der Waals surface area contributed by atoms with Crippen LogP contribution in [0, 0.1) is 5.92 Å². The molecule has 0 saturated heterocycles. The van der Waals surface area contributed by atoms with Crippen LogP contribution in [-0.4, -0.2) is 27.2 Å². The highest BCUT2D eigenvalue weighted by Gasteiger charge is 2.11. The van der Waals surface area contributed by atoms with Gasteiger partial charge in [0, 0.05) is 25.8 Å². The molecule has 1 N–H and O–H groups in total. The number of anilines is 1. The van der Waals surface area contributed by atoms with E-state index in [0.717, 1.165) is 6.42 Å². The molecule has 0 spiro atoms. The van der Waals surface area contributed by atoms with Crippen molar-refractivity contribution in [3.05, 3.63) is 54.1 Å². The van der Waals surface area contributed by atoms with Crippen molar-refractivity contribution in [1.29, 1.82) is 0 Å². The van der Waals surface area contributed by atoms with Gasteiger partial charge < -0.3 is 10.2 Å². The van der Waals surface area contributed by atoms with E-state index in [-0.39, 0.29) is 0 Å². The minimum Gasteiger partial charge on any atom is -0.378 e. The van der Waals surface area contributed by atoms with Gasteiger partial charge >= 0.3 is 0 Å². The fourth-order valence-electron chi connectivity index (χ4n) is 2.72. The van der Waals surface area contributed by atoms with Gasteiger partial charge in [-0.3, -0.25) is 0 Å². The molecular weight excluding hydrogens is 268 g/mol. The van der Waals surface area contributed by atoms with Crippen molar-refractivity contribution < 1.29 is 0 Å². The highest BCUT2D eigenvalue weighted by Crippen LogP contribution is 2.24. The molecule has 0 aliphatic heterocycles. The Kier molecular flexibility index (Phi) is 5.62. The Morgan fingerprint density at radius 3 is 2.18 bits per heavy atom. The normalized spacial score (nSPS) is 12.5. The van der Waals surface area contributed by atoms with E-state index in [2.05, 4.69) is 86.7 Å². The summed E-state index contributed by atoms with van der Waals surface area (Å²) in [5.41, 5.74) is 5.17. The van der Waals surface area contributed by atoms with Gasteiger partial charge in [-0.15, -0.1) is 0 Å². The molecule has 2 aromatic carbocycles. The van der Waals surface area contributed by atoms with Gasteiger partial charge in [0.25, 0.3) is 0 Å². The lowest BCUT2D eigenvalue weighted by Crippen LogP contribution is -2.32. The maximum Gasteiger partial charge on any atom is 0.0367 e. The van der Waals surface area contributed by atoms with Crippen LogP contribution in [0.15, 0.2) is 48.5 Å². The number of hydrogen-bond donors (Lipinski definition) is 1. The third-order valence-electron chi connectivity index (χ3n) is 4.28. The summed E-state index contributed by atoms with van der Waals surface area (Å²) in [7, 11) is 6.20. The van der Waals surface area contributed by atoms with Crippen molar-refractivity contribution >= 4 is 5.69 Å². The van der Waals surface area contributed by atoms with E-state index in [9.17, 15) is 0 Å². The molecule has 0 fully saturated rings. The molecule has 1 unspecified atom stereocenters. The van der Waals surface area contributed by atoms with Crippen LogP contribution in [0.1, 0.15) is 19.4 Å². The van der Waals surface area contributed by atoms with Gasteiger partial charge in [-0.1, -0.05) is 50.2 Å². The number of nitrogens with zero attached hydrogens (tertiary/aromatic N) is 1. The van der Waals surface area contributed by atoms with Crippen LogP contribution in [0.5, 0.6) is 0 Å². The van der Waals surface area contributed by atoms with Crippen molar-refractivity contribution in [2.24, 2.45) is 5.92 Å². The minimum atomic E-state index is 0.530. The van der Waals surface area contributed by atoms with E-state index < -0.39 is 0 Å². The number of hydrogen-bond acceptors (Lipinski definition) is 2. The first-order valence-electron chi connectivity index (χ1n) is 8.05. The third-order valence-corrected chi connectivity index (χ3v) is 4.28. The number of rotatable bonds is 6. The van der Waals surface area contributed by atoms with Crippen molar-refractivity contribution in [2.75, 3.05) is 26.0 Å². The lowest BCUT2D eigenvalue weighted by Gasteiger charge is -2.20. The molecule has 22 heavy (non-hydrogen) atoms. The smallest absolute Gasteiger partial charge is 0.0367 e. The van der Waals surface area contributed by atoms with Crippen molar-refractivity contribution in [2.45, 2.75) is 26.3 Å². The summed E-state index contributed by atoms with van der Waals surface area (Å²) in [5, 5.41) is 3.41. The van der Waals surface area contributed by atoms with Gasteiger partial charge in [-0.25, -0.2) is 0 Å². The third kappa shape index (κ3) is 4.11. The first-order valence-corrected chi connectivity index (χ1v) is 8.05. The summed E-state index contributed by atoms with van der Waals surface area (Å²) in [4.78, 5) is 2.14. The lowest BCUT2D eigenvalue weighted by molar-refractivity contribution is 0.424. The molecule has 0 saturated carbocycles. The van der Waals surface area contributed by atoms with E-state index in [1.54, 1.807) is 0 Å². The predicted octanol–water partition coefficient (Wildman–Crippen LogP) is 4.21. The zero-order valence-electron chi connectivity index (χ0n) is 14.4. The predicted molar refractivity (Wildman–Crippen MR) is 97.6 cm³/mol. The van der Waals surface area contributed by atoms with Gasteiger partial charge in [0.2, 0.25) is 0 Å². The quantitative estimate of drug-likeness (QED) is 0.859. The molecule has 2 aromatic rings. The largest absolute Gasteiger partial charge is 0.378 e. The van der Waals surface area contributed by atoms with Crippen LogP contribution < -0.4 is 10.2 Å². The van der Waals surface area contributed by atoms with Crippen LogP contribution in [-0.2, 0) is 6.42 Å². The molecule has 0 radical (unpaired) electrons. The summed E-state index contributed by atoms with van der Waals surface area (Å²) >= 11 is 0. The van der Waals surface area contributed by atoms with E-state index in [1.165, 1.54) is 22.4 Å². The molecule has 2 nitrogen and oxygen atoms in total. The zero-order chi connectivity index (χ0) is 16.1. The van der Waals surface area contributed by atoms with Gasteiger partial charge in [0.1, 0.15) is 0 Å². The Balaban J connectivity index is 2.16. The van der Waals surface area contributed by atoms with E-state index in [4.69, 9.17) is 0 Å². The van der Waals surface area contributed by atoms with E-state index in [0.29, 0.717) is 12.0 Å². The van der Waals surface area contributed by atoms with E-state index in [1.807, 2.05) is 7.05 Å². The maximum atomic E-state index is 3.41. The Morgan fingerprint density at radius 2 is 1.64 bits per heavy atom. The first kappa shape index (κ1) is 16.6. The maximum absolute atomic E-state index is 3.41. The molecule has 1 atom stereocenters. The Morgan fingerprint density at radius 1 is 0.955 bits per heavy atom. The van der Waals surface area contributed by atoms with E-state index >= 15 is 0 Å². The molecule has 0 aliphatic rings. The average Bonchev–Trinajstić information content (AvgIpc) is 2.53. The van der Waals surface area contributed by atoms with Gasteiger partial charge in [0.05, 0.1) is 0 Å². The monoisotopic (exact) mass is 296 g/mol. The van der Waals surface area contributed by atoms with Gasteiger partial charge in [-0.05, 0) is 48.2 Å². The molecule has 0 aromatic heterocycles. The molecule has 2 rings (SSSR count). The zero-order valence-corrected chi connectivity index (χ0v) is 14.4. The topological polar surface area (TPSA) is 15.3 Å². The summed E-state index contributed by atoms with van der Waals surface area (Å²) in [6.45, 7) is 4.53. The van der Waals surface area contributed by atoms with Crippen LogP contribution >= 0.6 is 0 Å². The molecule has 0 heterocycles. The Bertz CT molecular complexity index is 585. The second kappa shape index (κ2) is 7.46. The SMILES string of the molecule is CNC(Cc1ccc(-c2cccc(N(C)C)c2)cc1)C(C)C. The minimum absolute atomic E-state index is 0.530. The van der Waals surface area contributed by atoms with Gasteiger partial charge in [-0.2, -0.15) is 0 Å². The van der Waals surface area contributed by atoms with Crippen molar-refractivity contribution in [3.63, 3.8) is 0 Å². The highest BCUT2D eigenvalue weighted by atomic mass is 15.1. The van der Waals surface area contributed by atoms with Crippen LogP contribution in [0.4, 0.5) is 5.69 Å². The second-order valence-corrected chi connectivity index (χ2v) is 6.48. The fourth-order valence-corrected chi connectivity index (χ4v) is 2.72. The summed E-state index contributed by atoms with van der Waals surface area (Å²) in [6, 6.07) is 18.2. The van der Waals surface area contributed by atoms with Crippen molar-refractivity contribution in [3.8, 4) is 11.1 Å². The van der Waals surface area contributed by atoms with Crippen molar-refractivity contribution in [1.82, 2.24) is 5.32 Å².